The second-order valence-electron chi connectivity index (χ2n) is 9.15. The van der Waals surface area contributed by atoms with E-state index in [0.29, 0.717) is 32.7 Å². The molecule has 3 N–H and O–H groups in total. The normalized spacial score (nSPS) is 13.8. The van der Waals surface area contributed by atoms with Gasteiger partial charge in [0.05, 0.1) is 23.7 Å². The van der Waals surface area contributed by atoms with Crippen LogP contribution < -0.4 is 21.1 Å². The summed E-state index contributed by atoms with van der Waals surface area (Å²) in [6.45, 7) is 6.08. The van der Waals surface area contributed by atoms with Gasteiger partial charge in [0.15, 0.2) is 17.3 Å². The number of nitrogens with zero attached hydrogens (tertiary/aromatic N) is 6. The van der Waals surface area contributed by atoms with Crippen molar-refractivity contribution < 1.29 is 23.1 Å². The van der Waals surface area contributed by atoms with Gasteiger partial charge in [0.25, 0.3) is 5.56 Å². The van der Waals surface area contributed by atoms with E-state index >= 15 is 8.78 Å². The molecule has 1 saturated heterocycles. The lowest BCUT2D eigenvalue weighted by Crippen LogP contribution is -2.47. The quantitative estimate of drug-likeness (QED) is 0.276. The van der Waals surface area contributed by atoms with Crippen molar-refractivity contribution in [2.24, 2.45) is 0 Å². The van der Waals surface area contributed by atoms with Gasteiger partial charge in [-0.15, -0.1) is 0 Å². The molecule has 11 nitrogen and oxygen atoms in total. The standard InChI is InChI=1S/C27H25F3N8O3/c1-2-22(40)33-16-3-4-18(28)21(13-16)38-15-32-26(41)17-14-31-27(35-25(17)38)34-19-5-6-20(24(30)23(19)29)37-9-7-36(8-10-37)11-12-39/h2-6,13-15,39H,1,7-12H2,(H,33,40)(H,31,34,35). The van der Waals surface area contributed by atoms with Crippen LogP contribution in [0.4, 0.5) is 36.2 Å². The summed E-state index contributed by atoms with van der Waals surface area (Å²) in [4.78, 5) is 39.9. The third kappa shape index (κ3) is 5.73. The highest BCUT2D eigenvalue weighted by atomic mass is 19.2. The summed E-state index contributed by atoms with van der Waals surface area (Å²) in [5, 5.41) is 14.2. The minimum absolute atomic E-state index is 0.0299. The highest BCUT2D eigenvalue weighted by Crippen LogP contribution is 2.29. The number of benzene rings is 2. The van der Waals surface area contributed by atoms with E-state index in [-0.39, 0.29) is 46.3 Å². The summed E-state index contributed by atoms with van der Waals surface area (Å²) in [5.41, 5.74) is -0.720. The fourth-order valence-corrected chi connectivity index (χ4v) is 4.50. The molecule has 0 unspecified atom stereocenters. The van der Waals surface area contributed by atoms with E-state index in [1.807, 2.05) is 4.90 Å². The third-order valence-electron chi connectivity index (χ3n) is 6.61. The summed E-state index contributed by atoms with van der Waals surface area (Å²) in [6.07, 6.45) is 3.26. The molecular formula is C27H25F3N8O3. The van der Waals surface area contributed by atoms with Crippen molar-refractivity contribution in [3.63, 3.8) is 0 Å². The van der Waals surface area contributed by atoms with E-state index in [1.165, 1.54) is 28.8 Å². The Hall–Kier alpha value is -4.82. The second-order valence-corrected chi connectivity index (χ2v) is 9.15. The average molecular weight is 567 g/mol. The van der Waals surface area contributed by atoms with Gasteiger partial charge in [-0.2, -0.15) is 9.97 Å². The number of aliphatic hydroxyl groups excluding tert-OH is 1. The van der Waals surface area contributed by atoms with E-state index < -0.39 is 28.9 Å². The van der Waals surface area contributed by atoms with Gasteiger partial charge in [-0.05, 0) is 36.4 Å². The number of aliphatic hydroxyl groups is 1. The molecule has 212 valence electrons. The van der Waals surface area contributed by atoms with Gasteiger partial charge in [-0.25, -0.2) is 18.2 Å². The van der Waals surface area contributed by atoms with Crippen molar-refractivity contribution >= 4 is 40.0 Å². The largest absolute Gasteiger partial charge is 0.395 e. The van der Waals surface area contributed by atoms with Gasteiger partial charge in [0.2, 0.25) is 11.9 Å². The molecule has 2 aromatic carbocycles. The number of anilines is 4. The summed E-state index contributed by atoms with van der Waals surface area (Å²) in [7, 11) is 0. The highest BCUT2D eigenvalue weighted by Gasteiger charge is 2.23. The molecule has 0 saturated carbocycles. The third-order valence-corrected chi connectivity index (χ3v) is 6.61. The molecule has 4 aromatic rings. The highest BCUT2D eigenvalue weighted by molar-refractivity contribution is 5.99. The lowest BCUT2D eigenvalue weighted by atomic mass is 10.2. The Morgan fingerprint density at radius 1 is 1.05 bits per heavy atom. The van der Waals surface area contributed by atoms with E-state index in [0.717, 1.165) is 24.7 Å². The number of hydrogen-bond donors (Lipinski definition) is 3. The maximum absolute atomic E-state index is 15.1. The molecule has 0 radical (unpaired) electrons. The van der Waals surface area contributed by atoms with Crippen LogP contribution in [0.3, 0.4) is 0 Å². The van der Waals surface area contributed by atoms with Crippen LogP contribution in [0.1, 0.15) is 0 Å². The van der Waals surface area contributed by atoms with Crippen LogP contribution in [-0.2, 0) is 4.79 Å². The molecule has 0 aliphatic carbocycles. The van der Waals surface area contributed by atoms with E-state index in [1.54, 1.807) is 4.90 Å². The number of aromatic nitrogens is 4. The van der Waals surface area contributed by atoms with Crippen LogP contribution in [0.2, 0.25) is 0 Å². The first-order chi connectivity index (χ1) is 19.8. The Balaban J connectivity index is 1.46. The summed E-state index contributed by atoms with van der Waals surface area (Å²) in [5.74, 6) is -3.59. The molecule has 1 aliphatic heterocycles. The zero-order valence-corrected chi connectivity index (χ0v) is 21.6. The monoisotopic (exact) mass is 566 g/mol. The Bertz CT molecular complexity index is 1690. The van der Waals surface area contributed by atoms with Gasteiger partial charge < -0.3 is 20.6 Å². The van der Waals surface area contributed by atoms with Crippen LogP contribution >= 0.6 is 0 Å². The Labute approximate surface area is 231 Å². The molecule has 1 fully saturated rings. The van der Waals surface area contributed by atoms with Crippen LogP contribution in [0.15, 0.2) is 60.3 Å². The van der Waals surface area contributed by atoms with Crippen molar-refractivity contribution in [1.82, 2.24) is 24.4 Å². The summed E-state index contributed by atoms with van der Waals surface area (Å²) >= 11 is 0. The number of nitrogens with one attached hydrogen (secondary N) is 2. The lowest BCUT2D eigenvalue weighted by molar-refractivity contribution is -0.111. The molecule has 1 amide bonds. The molecule has 2 aromatic heterocycles. The maximum Gasteiger partial charge on any atom is 0.283 e. The Morgan fingerprint density at radius 2 is 1.83 bits per heavy atom. The van der Waals surface area contributed by atoms with Crippen molar-refractivity contribution in [2.75, 3.05) is 54.9 Å². The average Bonchev–Trinajstić information content (AvgIpc) is 2.98. The summed E-state index contributed by atoms with van der Waals surface area (Å²) in [6, 6.07) is 6.57. The number of carbonyl (C=O) groups excluding carboxylic acids is 1. The molecule has 0 spiro atoms. The van der Waals surface area contributed by atoms with Gasteiger partial charge in [-0.3, -0.25) is 19.1 Å². The van der Waals surface area contributed by atoms with Crippen molar-refractivity contribution in [1.29, 1.82) is 0 Å². The van der Waals surface area contributed by atoms with Gasteiger partial charge in [0, 0.05) is 44.6 Å². The van der Waals surface area contributed by atoms with Crippen molar-refractivity contribution in [3.05, 3.63) is 83.3 Å². The number of carbonyl (C=O) groups is 1. The minimum Gasteiger partial charge on any atom is -0.395 e. The first kappa shape index (κ1) is 27.7. The van der Waals surface area contributed by atoms with Crippen LogP contribution in [0, 0.1) is 17.5 Å². The van der Waals surface area contributed by atoms with E-state index in [2.05, 4.69) is 32.2 Å². The molecule has 3 heterocycles. The fourth-order valence-electron chi connectivity index (χ4n) is 4.50. The SMILES string of the molecule is C=CC(=O)Nc1ccc(F)c(-n2cnc(=O)c3cnc(Nc4ccc(N5CCN(CCO)CC5)c(F)c4F)nc32)c1. The first-order valence-electron chi connectivity index (χ1n) is 12.6. The van der Waals surface area contributed by atoms with Crippen molar-refractivity contribution in [3.8, 4) is 5.69 Å². The molecule has 14 heteroatoms. The van der Waals surface area contributed by atoms with Gasteiger partial charge in [0.1, 0.15) is 17.5 Å². The van der Waals surface area contributed by atoms with Gasteiger partial charge >= 0.3 is 0 Å². The van der Waals surface area contributed by atoms with Crippen LogP contribution in [-0.4, -0.2) is 74.8 Å². The molecule has 41 heavy (non-hydrogen) atoms. The smallest absolute Gasteiger partial charge is 0.283 e. The predicted octanol–water partition coefficient (Wildman–Crippen LogP) is 2.58. The molecule has 1 aliphatic rings. The Kier molecular flexibility index (Phi) is 7.94. The number of fused-ring (bicyclic) bond motifs is 1. The molecule has 5 rings (SSSR count). The number of piperazine rings is 1. The van der Waals surface area contributed by atoms with Crippen LogP contribution in [0.5, 0.6) is 0 Å². The first-order valence-corrected chi connectivity index (χ1v) is 12.6. The number of hydrogen-bond acceptors (Lipinski definition) is 9. The fraction of sp³-hybridized carbons (Fsp3) is 0.222. The number of halogens is 3. The topological polar surface area (TPSA) is 129 Å². The number of amides is 1. The molecule has 0 atom stereocenters. The van der Waals surface area contributed by atoms with E-state index in [4.69, 9.17) is 5.11 Å². The number of β-amino-alcohol motifs (C(OH)–C–C–N with tert-alkyl or cyclic N) is 1. The zero-order valence-electron chi connectivity index (χ0n) is 21.6. The maximum atomic E-state index is 15.1. The lowest BCUT2D eigenvalue weighted by Gasteiger charge is -2.36. The molecule has 0 bridgehead atoms. The minimum atomic E-state index is -1.15. The second kappa shape index (κ2) is 11.7. The number of rotatable bonds is 8. The van der Waals surface area contributed by atoms with Crippen LogP contribution in [0.25, 0.3) is 16.7 Å². The predicted molar refractivity (Wildman–Crippen MR) is 147 cm³/mol. The van der Waals surface area contributed by atoms with Gasteiger partial charge in [-0.1, -0.05) is 6.58 Å². The molecular weight excluding hydrogens is 541 g/mol. The van der Waals surface area contributed by atoms with Crippen molar-refractivity contribution in [2.45, 2.75) is 0 Å². The van der Waals surface area contributed by atoms with E-state index in [9.17, 15) is 14.0 Å². The Morgan fingerprint density at radius 3 is 2.56 bits per heavy atom. The summed E-state index contributed by atoms with van der Waals surface area (Å²) < 4.78 is 46.3. The zero-order chi connectivity index (χ0) is 29.1.